The largest absolute Gasteiger partial charge is 0.492 e. The second kappa shape index (κ2) is 13.7. The Morgan fingerprint density at radius 2 is 1.90 bits per heavy atom. The van der Waals surface area contributed by atoms with Gasteiger partial charge in [-0.25, -0.2) is 0 Å². The van der Waals surface area contributed by atoms with Crippen molar-refractivity contribution >= 4 is 51.2 Å². The SMILES string of the molecule is CCOc1cc2ncc(C#N)c(Nc3ccc(N(C)Cc4ccccc4)c(Cl)c3)c2cc1NC(=O)C=CCN(C)C. The molecule has 0 radical (unpaired) electrons. The fraction of sp³-hybridized carbons (Fsp3) is 0.219. The number of fused-ring (bicyclic) bond motifs is 1. The Labute approximate surface area is 245 Å². The van der Waals surface area contributed by atoms with Crippen LogP contribution < -0.4 is 20.3 Å². The van der Waals surface area contributed by atoms with Crippen LogP contribution in [0, 0.1) is 11.3 Å². The summed E-state index contributed by atoms with van der Waals surface area (Å²) in [7, 11) is 5.85. The molecule has 1 heterocycles. The zero-order valence-corrected chi connectivity index (χ0v) is 24.4. The van der Waals surface area contributed by atoms with E-state index in [9.17, 15) is 10.1 Å². The molecule has 0 aliphatic carbocycles. The number of nitrogens with one attached hydrogen (secondary N) is 2. The molecule has 0 spiro atoms. The van der Waals surface area contributed by atoms with E-state index in [1.807, 2.05) is 69.4 Å². The number of anilines is 4. The number of halogens is 1. The molecule has 1 amide bonds. The predicted octanol–water partition coefficient (Wildman–Crippen LogP) is 6.59. The number of pyridine rings is 1. The first-order valence-corrected chi connectivity index (χ1v) is 13.6. The number of aromatic nitrogens is 1. The summed E-state index contributed by atoms with van der Waals surface area (Å²) in [5, 5.41) is 17.4. The topological polar surface area (TPSA) is 93.5 Å². The number of hydrogen-bond acceptors (Lipinski definition) is 7. The van der Waals surface area contributed by atoms with E-state index in [1.165, 1.54) is 17.8 Å². The normalized spacial score (nSPS) is 11.0. The van der Waals surface area contributed by atoms with Crippen molar-refractivity contribution in [2.75, 3.05) is 49.8 Å². The summed E-state index contributed by atoms with van der Waals surface area (Å²) in [5.41, 5.74) is 4.78. The minimum atomic E-state index is -0.284. The minimum absolute atomic E-state index is 0.284. The van der Waals surface area contributed by atoms with Crippen molar-refractivity contribution in [2.24, 2.45) is 0 Å². The number of carbonyl (C=O) groups is 1. The molecule has 0 saturated carbocycles. The van der Waals surface area contributed by atoms with Crippen LogP contribution in [-0.4, -0.2) is 50.1 Å². The zero-order chi connectivity index (χ0) is 29.4. The van der Waals surface area contributed by atoms with Gasteiger partial charge in [-0.3, -0.25) is 9.78 Å². The molecule has 4 rings (SSSR count). The van der Waals surface area contributed by atoms with E-state index in [4.69, 9.17) is 16.3 Å². The average molecular weight is 569 g/mol. The molecule has 1 aromatic heterocycles. The number of rotatable bonds is 11. The Balaban J connectivity index is 1.67. The predicted molar refractivity (Wildman–Crippen MR) is 167 cm³/mol. The van der Waals surface area contributed by atoms with E-state index in [-0.39, 0.29) is 5.91 Å². The third kappa shape index (κ3) is 7.54. The maximum atomic E-state index is 12.7. The fourth-order valence-electron chi connectivity index (χ4n) is 4.34. The summed E-state index contributed by atoms with van der Waals surface area (Å²) >= 11 is 6.72. The van der Waals surface area contributed by atoms with E-state index >= 15 is 0 Å². The lowest BCUT2D eigenvalue weighted by Gasteiger charge is -2.22. The van der Waals surface area contributed by atoms with E-state index in [0.717, 1.165) is 5.69 Å². The van der Waals surface area contributed by atoms with Gasteiger partial charge in [0.2, 0.25) is 5.91 Å². The molecule has 0 fully saturated rings. The molecule has 0 atom stereocenters. The highest BCUT2D eigenvalue weighted by Gasteiger charge is 2.16. The highest BCUT2D eigenvalue weighted by molar-refractivity contribution is 6.33. The first-order valence-electron chi connectivity index (χ1n) is 13.2. The van der Waals surface area contributed by atoms with Gasteiger partial charge in [0.05, 0.1) is 39.8 Å². The lowest BCUT2D eigenvalue weighted by molar-refractivity contribution is -0.111. The Kier molecular flexibility index (Phi) is 9.80. The number of benzene rings is 3. The molecule has 4 aromatic rings. The maximum absolute atomic E-state index is 12.7. The van der Waals surface area contributed by atoms with Gasteiger partial charge in [-0.2, -0.15) is 5.26 Å². The number of nitriles is 1. The van der Waals surface area contributed by atoms with E-state index in [2.05, 4.69) is 38.7 Å². The van der Waals surface area contributed by atoms with Crippen molar-refractivity contribution < 1.29 is 9.53 Å². The van der Waals surface area contributed by atoms with Crippen LogP contribution in [0.15, 0.2) is 79.0 Å². The minimum Gasteiger partial charge on any atom is -0.492 e. The molecule has 0 aliphatic rings. The summed E-state index contributed by atoms with van der Waals surface area (Å²) in [5.74, 6) is 0.208. The van der Waals surface area contributed by atoms with Crippen molar-refractivity contribution in [1.29, 1.82) is 5.26 Å². The first kappa shape index (κ1) is 29.4. The lowest BCUT2D eigenvalue weighted by atomic mass is 10.1. The molecule has 0 unspecified atom stereocenters. The van der Waals surface area contributed by atoms with Crippen LogP contribution in [0.3, 0.4) is 0 Å². The highest BCUT2D eigenvalue weighted by atomic mass is 35.5. The van der Waals surface area contributed by atoms with Gasteiger partial charge in [0.15, 0.2) is 0 Å². The Hall–Kier alpha value is -4.58. The van der Waals surface area contributed by atoms with Gasteiger partial charge in [-0.1, -0.05) is 48.0 Å². The van der Waals surface area contributed by atoms with Crippen LogP contribution in [0.1, 0.15) is 18.1 Å². The van der Waals surface area contributed by atoms with Crippen molar-refractivity contribution in [3.8, 4) is 11.8 Å². The van der Waals surface area contributed by atoms with Gasteiger partial charge < -0.3 is 25.2 Å². The molecule has 3 aromatic carbocycles. The number of amides is 1. The second-order valence-corrected chi connectivity index (χ2v) is 10.2. The fourth-order valence-corrected chi connectivity index (χ4v) is 4.66. The third-order valence-corrected chi connectivity index (χ3v) is 6.58. The smallest absolute Gasteiger partial charge is 0.248 e. The molecule has 2 N–H and O–H groups in total. The lowest BCUT2D eigenvalue weighted by Crippen LogP contribution is -2.16. The van der Waals surface area contributed by atoms with E-state index in [1.54, 1.807) is 18.2 Å². The molecule has 8 nitrogen and oxygen atoms in total. The quantitative estimate of drug-likeness (QED) is 0.197. The maximum Gasteiger partial charge on any atom is 0.248 e. The third-order valence-electron chi connectivity index (χ3n) is 6.28. The Bertz CT molecular complexity index is 1600. The van der Waals surface area contributed by atoms with Crippen molar-refractivity contribution in [2.45, 2.75) is 13.5 Å². The van der Waals surface area contributed by atoms with Crippen LogP contribution in [0.2, 0.25) is 5.02 Å². The van der Waals surface area contributed by atoms with Crippen molar-refractivity contribution in [3.63, 3.8) is 0 Å². The average Bonchev–Trinajstić information content (AvgIpc) is 2.94. The zero-order valence-electron chi connectivity index (χ0n) is 23.6. The van der Waals surface area contributed by atoms with Crippen LogP contribution >= 0.6 is 11.6 Å². The molecule has 41 heavy (non-hydrogen) atoms. The summed E-state index contributed by atoms with van der Waals surface area (Å²) in [6.45, 7) is 3.63. The number of likely N-dealkylation sites (N-methyl/N-ethyl adjacent to an activating group) is 1. The van der Waals surface area contributed by atoms with Crippen LogP contribution in [0.4, 0.5) is 22.7 Å². The summed E-state index contributed by atoms with van der Waals surface area (Å²) in [6, 6.07) is 21.6. The summed E-state index contributed by atoms with van der Waals surface area (Å²) in [4.78, 5) is 21.2. The second-order valence-electron chi connectivity index (χ2n) is 9.74. The number of ether oxygens (including phenoxy) is 1. The van der Waals surface area contributed by atoms with Crippen LogP contribution in [0.5, 0.6) is 5.75 Å². The van der Waals surface area contributed by atoms with Gasteiger partial charge in [0.25, 0.3) is 0 Å². The standard InChI is InChI=1S/C32H33ClN6O2/c1-5-41-30-18-27-25(17-28(30)37-31(40)12-9-15-38(2)3)32(23(19-34)20-35-27)36-24-13-14-29(26(33)16-24)39(4)21-22-10-7-6-8-11-22/h6-14,16-18,20H,5,15,21H2,1-4H3,(H,35,36)(H,37,40). The first-order chi connectivity index (χ1) is 19.8. The molecular weight excluding hydrogens is 536 g/mol. The molecule has 0 aliphatic heterocycles. The van der Waals surface area contributed by atoms with Gasteiger partial charge >= 0.3 is 0 Å². The van der Waals surface area contributed by atoms with Gasteiger partial charge in [0.1, 0.15) is 11.8 Å². The van der Waals surface area contributed by atoms with E-state index in [0.29, 0.717) is 64.0 Å². The van der Waals surface area contributed by atoms with Crippen molar-refractivity contribution in [1.82, 2.24) is 9.88 Å². The van der Waals surface area contributed by atoms with Gasteiger partial charge in [-0.05, 0) is 50.8 Å². The number of carbonyl (C=O) groups excluding carboxylic acids is 1. The van der Waals surface area contributed by atoms with E-state index < -0.39 is 0 Å². The Morgan fingerprint density at radius 1 is 1.12 bits per heavy atom. The molecular formula is C32H33ClN6O2. The van der Waals surface area contributed by atoms with Crippen LogP contribution in [-0.2, 0) is 11.3 Å². The highest BCUT2D eigenvalue weighted by Crippen LogP contribution is 2.37. The number of hydrogen-bond donors (Lipinski definition) is 2. The Morgan fingerprint density at radius 3 is 2.59 bits per heavy atom. The molecule has 210 valence electrons. The monoisotopic (exact) mass is 568 g/mol. The van der Waals surface area contributed by atoms with Crippen molar-refractivity contribution in [3.05, 3.63) is 95.2 Å². The summed E-state index contributed by atoms with van der Waals surface area (Å²) in [6.07, 6.45) is 4.79. The van der Waals surface area contributed by atoms with Gasteiger partial charge in [0, 0.05) is 49.6 Å². The van der Waals surface area contributed by atoms with Gasteiger partial charge in [-0.15, -0.1) is 0 Å². The van der Waals surface area contributed by atoms with Crippen LogP contribution in [0.25, 0.3) is 10.9 Å². The summed E-state index contributed by atoms with van der Waals surface area (Å²) < 4.78 is 5.80. The molecule has 0 saturated heterocycles. The molecule has 9 heteroatoms. The number of nitrogens with zero attached hydrogens (tertiary/aromatic N) is 4. The molecule has 0 bridgehead atoms.